The SMILES string of the molecule is c1cnc2ccc(-c3cc(C4CCN(CCc5cccc6ccccc56)CC4)[nH]n3)cc2c1. The Morgan fingerprint density at radius 1 is 0.848 bits per heavy atom. The molecule has 3 heterocycles. The number of fused-ring (bicyclic) bond motifs is 2. The van der Waals surface area contributed by atoms with Crippen LogP contribution in [0, 0.1) is 0 Å². The molecule has 0 aliphatic carbocycles. The standard InChI is InChI=1S/C29H28N4/c1-2-9-26-21(5-1)6-3-7-22(26)12-16-33-17-13-23(14-18-33)28-20-29(32-31-28)25-10-11-27-24(19-25)8-4-15-30-27/h1-11,15,19-20,23H,12-14,16-18H2,(H,31,32). The molecule has 0 radical (unpaired) electrons. The molecule has 1 aliphatic rings. The van der Waals surface area contributed by atoms with Gasteiger partial charge in [0.15, 0.2) is 0 Å². The molecule has 33 heavy (non-hydrogen) atoms. The maximum atomic E-state index is 4.63. The number of rotatable bonds is 5. The average Bonchev–Trinajstić information content (AvgIpc) is 3.38. The topological polar surface area (TPSA) is 44.8 Å². The summed E-state index contributed by atoms with van der Waals surface area (Å²) in [4.78, 5) is 7.04. The van der Waals surface area contributed by atoms with Crippen molar-refractivity contribution in [3.8, 4) is 11.3 Å². The Labute approximate surface area is 194 Å². The first kappa shape index (κ1) is 20.1. The van der Waals surface area contributed by atoms with Crippen LogP contribution in [-0.4, -0.2) is 39.7 Å². The maximum Gasteiger partial charge on any atom is 0.0923 e. The highest BCUT2D eigenvalue weighted by Crippen LogP contribution is 2.30. The van der Waals surface area contributed by atoms with E-state index in [0.29, 0.717) is 5.92 Å². The Morgan fingerprint density at radius 3 is 2.64 bits per heavy atom. The molecule has 5 aromatic rings. The second-order valence-corrected chi connectivity index (χ2v) is 9.12. The van der Waals surface area contributed by atoms with Crippen LogP contribution in [0.25, 0.3) is 32.9 Å². The van der Waals surface area contributed by atoms with Crippen LogP contribution in [0.4, 0.5) is 0 Å². The van der Waals surface area contributed by atoms with Crippen molar-refractivity contribution < 1.29 is 0 Å². The normalized spacial score (nSPS) is 15.4. The summed E-state index contributed by atoms with van der Waals surface area (Å²) in [6.45, 7) is 3.41. The van der Waals surface area contributed by atoms with E-state index in [1.807, 2.05) is 12.3 Å². The first-order valence-electron chi connectivity index (χ1n) is 11.9. The van der Waals surface area contributed by atoms with E-state index in [1.54, 1.807) is 0 Å². The third kappa shape index (κ3) is 4.14. The summed E-state index contributed by atoms with van der Waals surface area (Å²) < 4.78 is 0. The fourth-order valence-electron chi connectivity index (χ4n) is 5.19. The molecule has 0 atom stereocenters. The van der Waals surface area contributed by atoms with E-state index >= 15 is 0 Å². The van der Waals surface area contributed by atoms with Gasteiger partial charge in [-0.15, -0.1) is 0 Å². The van der Waals surface area contributed by atoms with E-state index in [2.05, 4.69) is 92.9 Å². The van der Waals surface area contributed by atoms with Gasteiger partial charge in [0.05, 0.1) is 11.2 Å². The lowest BCUT2D eigenvalue weighted by Crippen LogP contribution is -2.34. The van der Waals surface area contributed by atoms with Crippen molar-refractivity contribution in [2.24, 2.45) is 0 Å². The second kappa shape index (κ2) is 8.80. The van der Waals surface area contributed by atoms with E-state index in [9.17, 15) is 0 Å². The highest BCUT2D eigenvalue weighted by atomic mass is 15.1. The fraction of sp³-hybridized carbons (Fsp3) is 0.241. The molecule has 1 N–H and O–H groups in total. The Balaban J connectivity index is 1.09. The minimum Gasteiger partial charge on any atom is -0.303 e. The first-order chi connectivity index (χ1) is 16.3. The summed E-state index contributed by atoms with van der Waals surface area (Å²) in [5.41, 5.74) is 5.91. The summed E-state index contributed by atoms with van der Waals surface area (Å²) in [7, 11) is 0. The van der Waals surface area contributed by atoms with Crippen LogP contribution in [0.1, 0.15) is 30.0 Å². The van der Waals surface area contributed by atoms with Gasteiger partial charge in [-0.25, -0.2) is 0 Å². The molecule has 0 bridgehead atoms. The molecule has 0 saturated carbocycles. The van der Waals surface area contributed by atoms with Crippen LogP contribution in [0.15, 0.2) is 85.1 Å². The van der Waals surface area contributed by atoms with Gasteiger partial charge < -0.3 is 4.90 Å². The van der Waals surface area contributed by atoms with E-state index in [4.69, 9.17) is 0 Å². The maximum absolute atomic E-state index is 4.63. The van der Waals surface area contributed by atoms with Gasteiger partial charge in [0.1, 0.15) is 0 Å². The summed E-state index contributed by atoms with van der Waals surface area (Å²) in [6.07, 6.45) is 5.30. The first-order valence-corrected chi connectivity index (χ1v) is 11.9. The molecule has 1 fully saturated rings. The van der Waals surface area contributed by atoms with Crippen molar-refractivity contribution in [3.05, 3.63) is 96.3 Å². The van der Waals surface area contributed by atoms with Crippen LogP contribution < -0.4 is 0 Å². The molecule has 6 rings (SSSR count). The molecule has 1 saturated heterocycles. The van der Waals surface area contributed by atoms with Crippen LogP contribution in [0.2, 0.25) is 0 Å². The number of likely N-dealkylation sites (tertiary alicyclic amines) is 1. The molecule has 1 aliphatic heterocycles. The molecule has 4 nitrogen and oxygen atoms in total. The van der Waals surface area contributed by atoms with Crippen LogP contribution in [-0.2, 0) is 6.42 Å². The zero-order valence-corrected chi connectivity index (χ0v) is 18.7. The van der Waals surface area contributed by atoms with Gasteiger partial charge in [0.25, 0.3) is 0 Å². The Bertz CT molecular complexity index is 1390. The molecule has 2 aromatic heterocycles. The van der Waals surface area contributed by atoms with Crippen LogP contribution in [0.5, 0.6) is 0 Å². The summed E-state index contributed by atoms with van der Waals surface area (Å²) in [5, 5.41) is 11.8. The predicted octanol–water partition coefficient (Wildman–Crippen LogP) is 6.20. The molecular weight excluding hydrogens is 404 g/mol. The lowest BCUT2D eigenvalue weighted by molar-refractivity contribution is 0.213. The van der Waals surface area contributed by atoms with Crippen LogP contribution >= 0.6 is 0 Å². The van der Waals surface area contributed by atoms with Gasteiger partial charge >= 0.3 is 0 Å². The largest absolute Gasteiger partial charge is 0.303 e. The molecule has 0 spiro atoms. The minimum atomic E-state index is 0.558. The third-order valence-electron chi connectivity index (χ3n) is 7.10. The molecule has 4 heteroatoms. The van der Waals surface area contributed by atoms with Crippen LogP contribution in [0.3, 0.4) is 0 Å². The average molecular weight is 433 g/mol. The van der Waals surface area contributed by atoms with Gasteiger partial charge in [-0.1, -0.05) is 54.6 Å². The van der Waals surface area contributed by atoms with Gasteiger partial charge in [-0.3, -0.25) is 10.1 Å². The fourth-order valence-corrected chi connectivity index (χ4v) is 5.19. The monoisotopic (exact) mass is 432 g/mol. The van der Waals surface area contributed by atoms with Gasteiger partial charge in [0.2, 0.25) is 0 Å². The number of hydrogen-bond donors (Lipinski definition) is 1. The molecule has 164 valence electrons. The van der Waals surface area contributed by atoms with Crippen molar-refractivity contribution in [2.75, 3.05) is 19.6 Å². The Hall–Kier alpha value is -3.50. The number of hydrogen-bond acceptors (Lipinski definition) is 3. The Kier molecular flexibility index (Phi) is 5.37. The zero-order chi connectivity index (χ0) is 22.0. The highest BCUT2D eigenvalue weighted by Gasteiger charge is 2.22. The van der Waals surface area contributed by atoms with Crippen molar-refractivity contribution in [3.63, 3.8) is 0 Å². The van der Waals surface area contributed by atoms with E-state index in [-0.39, 0.29) is 0 Å². The van der Waals surface area contributed by atoms with Crippen molar-refractivity contribution in [2.45, 2.75) is 25.2 Å². The quantitative estimate of drug-likeness (QED) is 0.360. The predicted molar refractivity (Wildman–Crippen MR) is 135 cm³/mol. The zero-order valence-electron chi connectivity index (χ0n) is 18.7. The lowest BCUT2D eigenvalue weighted by Gasteiger charge is -2.31. The number of nitrogens with zero attached hydrogens (tertiary/aromatic N) is 3. The smallest absolute Gasteiger partial charge is 0.0923 e. The van der Waals surface area contributed by atoms with E-state index in [1.165, 1.54) is 34.9 Å². The number of pyridine rings is 1. The van der Waals surface area contributed by atoms with Gasteiger partial charge in [-0.2, -0.15) is 5.10 Å². The Morgan fingerprint density at radius 2 is 1.70 bits per heavy atom. The van der Waals surface area contributed by atoms with Crippen molar-refractivity contribution >= 4 is 21.7 Å². The number of piperidine rings is 1. The van der Waals surface area contributed by atoms with Crippen molar-refractivity contribution in [1.29, 1.82) is 0 Å². The number of nitrogens with one attached hydrogen (secondary N) is 1. The number of H-pyrrole nitrogens is 1. The number of benzene rings is 3. The lowest BCUT2D eigenvalue weighted by atomic mass is 9.92. The van der Waals surface area contributed by atoms with Gasteiger partial charge in [0, 0.05) is 35.3 Å². The minimum absolute atomic E-state index is 0.558. The number of aromatic amines is 1. The molecule has 0 unspecified atom stereocenters. The highest BCUT2D eigenvalue weighted by molar-refractivity contribution is 5.85. The van der Waals surface area contributed by atoms with Crippen molar-refractivity contribution in [1.82, 2.24) is 20.1 Å². The number of aromatic nitrogens is 3. The van der Waals surface area contributed by atoms with Gasteiger partial charge in [-0.05, 0) is 73.0 Å². The van der Waals surface area contributed by atoms with E-state index in [0.717, 1.165) is 48.2 Å². The molecule has 0 amide bonds. The summed E-state index contributed by atoms with van der Waals surface area (Å²) in [5.74, 6) is 0.558. The summed E-state index contributed by atoms with van der Waals surface area (Å²) in [6, 6.07) is 28.1. The summed E-state index contributed by atoms with van der Waals surface area (Å²) >= 11 is 0. The third-order valence-corrected chi connectivity index (χ3v) is 7.10. The molecule has 3 aromatic carbocycles. The van der Waals surface area contributed by atoms with E-state index < -0.39 is 0 Å². The second-order valence-electron chi connectivity index (χ2n) is 9.12. The molecular formula is C29H28N4.